The third-order valence-electron chi connectivity index (χ3n) is 5.12. The molecule has 0 aliphatic carbocycles. The van der Waals surface area contributed by atoms with E-state index in [4.69, 9.17) is 4.74 Å². The summed E-state index contributed by atoms with van der Waals surface area (Å²) in [4.78, 5) is 26.9. The van der Waals surface area contributed by atoms with Crippen LogP contribution in [0.3, 0.4) is 0 Å². The molecule has 2 aromatic rings. The zero-order chi connectivity index (χ0) is 19.8. The number of hydrogen-bond donors (Lipinski definition) is 1. The molecule has 148 valence electrons. The standard InChI is InChI=1S/C23H28N2O3/c1-28-21-8-6-7-18(17-21)13-14-24-22(26)19-9-11-20(12-10-19)23(27)25-15-4-2-3-5-16-25/h6-12,17H,2-5,13-16H2,1H3,(H,24,26). The smallest absolute Gasteiger partial charge is 0.253 e. The molecule has 1 N–H and O–H groups in total. The van der Waals surface area contributed by atoms with Crippen molar-refractivity contribution >= 4 is 11.8 Å². The molecule has 2 amide bonds. The van der Waals surface area contributed by atoms with Gasteiger partial charge in [-0.2, -0.15) is 0 Å². The van der Waals surface area contributed by atoms with Gasteiger partial charge in [0.1, 0.15) is 5.75 Å². The lowest BCUT2D eigenvalue weighted by atomic mass is 10.1. The fourth-order valence-electron chi connectivity index (χ4n) is 3.47. The summed E-state index contributed by atoms with van der Waals surface area (Å²) in [6.45, 7) is 2.19. The van der Waals surface area contributed by atoms with Gasteiger partial charge in [-0.05, 0) is 61.2 Å². The van der Waals surface area contributed by atoms with Crippen LogP contribution in [0.1, 0.15) is 52.0 Å². The highest BCUT2D eigenvalue weighted by Crippen LogP contribution is 2.15. The molecule has 1 aliphatic heterocycles. The lowest BCUT2D eigenvalue weighted by Gasteiger charge is -2.20. The molecular weight excluding hydrogens is 352 g/mol. The Morgan fingerprint density at radius 1 is 0.964 bits per heavy atom. The second-order valence-corrected chi connectivity index (χ2v) is 7.14. The van der Waals surface area contributed by atoms with E-state index in [0.717, 1.165) is 43.7 Å². The van der Waals surface area contributed by atoms with Gasteiger partial charge in [0.2, 0.25) is 0 Å². The van der Waals surface area contributed by atoms with Gasteiger partial charge < -0.3 is 15.0 Å². The SMILES string of the molecule is COc1cccc(CCNC(=O)c2ccc(C(=O)N3CCCCCC3)cc2)c1. The summed E-state index contributed by atoms with van der Waals surface area (Å²) in [5, 5.41) is 2.93. The molecule has 1 aliphatic rings. The van der Waals surface area contributed by atoms with Crippen molar-refractivity contribution < 1.29 is 14.3 Å². The average Bonchev–Trinajstić information content (AvgIpc) is 3.03. The lowest BCUT2D eigenvalue weighted by Crippen LogP contribution is -2.32. The first-order chi connectivity index (χ1) is 13.7. The van der Waals surface area contributed by atoms with Gasteiger partial charge in [0.25, 0.3) is 11.8 Å². The Kier molecular flexibility index (Phi) is 7.06. The topological polar surface area (TPSA) is 58.6 Å². The number of nitrogens with zero attached hydrogens (tertiary/aromatic N) is 1. The van der Waals surface area contributed by atoms with Crippen molar-refractivity contribution in [1.29, 1.82) is 0 Å². The average molecular weight is 380 g/mol. The van der Waals surface area contributed by atoms with E-state index in [1.807, 2.05) is 29.2 Å². The van der Waals surface area contributed by atoms with Gasteiger partial charge in [0.15, 0.2) is 0 Å². The highest BCUT2D eigenvalue weighted by atomic mass is 16.5. The number of carbonyl (C=O) groups excluding carboxylic acids is 2. The molecule has 5 heteroatoms. The molecule has 5 nitrogen and oxygen atoms in total. The minimum atomic E-state index is -0.128. The number of hydrogen-bond acceptors (Lipinski definition) is 3. The van der Waals surface area contributed by atoms with Crippen LogP contribution in [-0.2, 0) is 6.42 Å². The number of nitrogens with one attached hydrogen (secondary N) is 1. The number of amides is 2. The quantitative estimate of drug-likeness (QED) is 0.832. The Balaban J connectivity index is 1.52. The van der Waals surface area contributed by atoms with Gasteiger partial charge in [0, 0.05) is 30.8 Å². The van der Waals surface area contributed by atoms with E-state index in [1.54, 1.807) is 31.4 Å². The Labute approximate surface area is 166 Å². The number of carbonyl (C=O) groups is 2. The first kappa shape index (κ1) is 19.9. The summed E-state index contributed by atoms with van der Waals surface area (Å²) >= 11 is 0. The molecule has 1 saturated heterocycles. The van der Waals surface area contributed by atoms with Crippen molar-refractivity contribution in [3.63, 3.8) is 0 Å². The van der Waals surface area contributed by atoms with Crippen LogP contribution in [0, 0.1) is 0 Å². The molecule has 0 radical (unpaired) electrons. The molecule has 0 aromatic heterocycles. The number of likely N-dealkylation sites (tertiary alicyclic amines) is 1. The molecule has 1 heterocycles. The number of rotatable bonds is 6. The van der Waals surface area contributed by atoms with Gasteiger partial charge in [-0.1, -0.05) is 25.0 Å². The highest BCUT2D eigenvalue weighted by Gasteiger charge is 2.17. The summed E-state index contributed by atoms with van der Waals surface area (Å²) < 4.78 is 5.21. The minimum absolute atomic E-state index is 0.0619. The summed E-state index contributed by atoms with van der Waals surface area (Å²) in [5.41, 5.74) is 2.32. The second-order valence-electron chi connectivity index (χ2n) is 7.14. The van der Waals surface area contributed by atoms with E-state index >= 15 is 0 Å². The normalized spacial score (nSPS) is 14.2. The van der Waals surface area contributed by atoms with E-state index in [-0.39, 0.29) is 11.8 Å². The van der Waals surface area contributed by atoms with Crippen LogP contribution in [0.5, 0.6) is 5.75 Å². The minimum Gasteiger partial charge on any atom is -0.497 e. The monoisotopic (exact) mass is 380 g/mol. The fraction of sp³-hybridized carbons (Fsp3) is 0.391. The molecular formula is C23H28N2O3. The summed E-state index contributed by atoms with van der Waals surface area (Å²) in [6.07, 6.45) is 5.25. The predicted octanol–water partition coefficient (Wildman–Crippen LogP) is 3.68. The zero-order valence-electron chi connectivity index (χ0n) is 16.4. The van der Waals surface area contributed by atoms with Gasteiger partial charge in [-0.3, -0.25) is 9.59 Å². The molecule has 3 rings (SSSR count). The third kappa shape index (κ3) is 5.35. The van der Waals surface area contributed by atoms with Gasteiger partial charge in [-0.15, -0.1) is 0 Å². The van der Waals surface area contributed by atoms with Crippen molar-refractivity contribution in [2.75, 3.05) is 26.7 Å². The van der Waals surface area contributed by atoms with Crippen molar-refractivity contribution in [2.24, 2.45) is 0 Å². The van der Waals surface area contributed by atoms with Gasteiger partial charge >= 0.3 is 0 Å². The maximum atomic E-state index is 12.6. The van der Waals surface area contributed by atoms with Crippen LogP contribution in [0.4, 0.5) is 0 Å². The van der Waals surface area contributed by atoms with Crippen LogP contribution in [0.25, 0.3) is 0 Å². The second kappa shape index (κ2) is 9.93. The van der Waals surface area contributed by atoms with E-state index in [9.17, 15) is 9.59 Å². The van der Waals surface area contributed by atoms with E-state index in [2.05, 4.69) is 5.32 Å². The molecule has 0 spiro atoms. The van der Waals surface area contributed by atoms with E-state index < -0.39 is 0 Å². The predicted molar refractivity (Wildman–Crippen MR) is 110 cm³/mol. The molecule has 0 bridgehead atoms. The third-order valence-corrected chi connectivity index (χ3v) is 5.12. The molecule has 1 fully saturated rings. The molecule has 0 unspecified atom stereocenters. The highest BCUT2D eigenvalue weighted by molar-refractivity contribution is 5.97. The lowest BCUT2D eigenvalue weighted by molar-refractivity contribution is 0.0761. The van der Waals surface area contributed by atoms with Gasteiger partial charge in [-0.25, -0.2) is 0 Å². The van der Waals surface area contributed by atoms with Crippen molar-refractivity contribution in [3.05, 3.63) is 65.2 Å². The number of ether oxygens (including phenoxy) is 1. The van der Waals surface area contributed by atoms with Crippen LogP contribution < -0.4 is 10.1 Å². The van der Waals surface area contributed by atoms with Crippen molar-refractivity contribution in [3.8, 4) is 5.75 Å². The number of methoxy groups -OCH3 is 1. The Hall–Kier alpha value is -2.82. The Bertz CT molecular complexity index is 794. The van der Waals surface area contributed by atoms with Crippen LogP contribution in [-0.4, -0.2) is 43.5 Å². The molecule has 2 aromatic carbocycles. The fourth-order valence-corrected chi connectivity index (χ4v) is 3.47. The summed E-state index contributed by atoms with van der Waals surface area (Å²) in [5.74, 6) is 0.747. The number of benzene rings is 2. The summed E-state index contributed by atoms with van der Waals surface area (Å²) in [6, 6.07) is 14.8. The maximum absolute atomic E-state index is 12.6. The first-order valence-electron chi connectivity index (χ1n) is 9.98. The van der Waals surface area contributed by atoms with Crippen molar-refractivity contribution in [2.45, 2.75) is 32.1 Å². The molecule has 0 atom stereocenters. The van der Waals surface area contributed by atoms with E-state index in [1.165, 1.54) is 12.8 Å². The van der Waals surface area contributed by atoms with E-state index in [0.29, 0.717) is 17.7 Å². The molecule has 0 saturated carbocycles. The van der Waals surface area contributed by atoms with Gasteiger partial charge in [0.05, 0.1) is 7.11 Å². The van der Waals surface area contributed by atoms with Crippen LogP contribution in [0.2, 0.25) is 0 Å². The summed E-state index contributed by atoms with van der Waals surface area (Å²) in [7, 11) is 1.64. The largest absolute Gasteiger partial charge is 0.497 e. The Morgan fingerprint density at radius 2 is 1.64 bits per heavy atom. The maximum Gasteiger partial charge on any atom is 0.253 e. The zero-order valence-corrected chi connectivity index (χ0v) is 16.4. The first-order valence-corrected chi connectivity index (χ1v) is 9.98. The van der Waals surface area contributed by atoms with Crippen LogP contribution >= 0.6 is 0 Å². The Morgan fingerprint density at radius 3 is 2.32 bits per heavy atom. The van der Waals surface area contributed by atoms with Crippen LogP contribution in [0.15, 0.2) is 48.5 Å². The molecule has 28 heavy (non-hydrogen) atoms. The van der Waals surface area contributed by atoms with Crippen molar-refractivity contribution in [1.82, 2.24) is 10.2 Å².